The topological polar surface area (TPSA) is 94.9 Å². The zero-order valence-corrected chi connectivity index (χ0v) is 10.1. The third-order valence-electron chi connectivity index (χ3n) is 1.54. The van der Waals surface area contributed by atoms with E-state index in [1.54, 1.807) is 0 Å². The van der Waals surface area contributed by atoms with E-state index in [0.717, 1.165) is 13.1 Å². The third kappa shape index (κ3) is 24.7. The van der Waals surface area contributed by atoms with Gasteiger partial charge >= 0.3 is 5.97 Å². The summed E-state index contributed by atoms with van der Waals surface area (Å²) < 4.78 is 25.9. The van der Waals surface area contributed by atoms with Crippen LogP contribution in [0.15, 0.2) is 0 Å². The SMILES string of the molecule is CCN(CC)CCC(=O)O.CS(=O)(=O)O. The van der Waals surface area contributed by atoms with Gasteiger partial charge in [0.1, 0.15) is 0 Å². The van der Waals surface area contributed by atoms with Gasteiger partial charge in [-0.3, -0.25) is 9.35 Å². The Morgan fingerprint density at radius 1 is 1.27 bits per heavy atom. The van der Waals surface area contributed by atoms with Crippen LogP contribution >= 0.6 is 0 Å². The molecule has 0 atom stereocenters. The van der Waals surface area contributed by atoms with Crippen molar-refractivity contribution in [3.8, 4) is 0 Å². The molecule has 6 nitrogen and oxygen atoms in total. The molecule has 15 heavy (non-hydrogen) atoms. The van der Waals surface area contributed by atoms with E-state index in [4.69, 9.17) is 9.66 Å². The van der Waals surface area contributed by atoms with Crippen LogP contribution in [-0.4, -0.2) is 54.8 Å². The van der Waals surface area contributed by atoms with Crippen molar-refractivity contribution in [3.05, 3.63) is 0 Å². The van der Waals surface area contributed by atoms with Crippen LogP contribution in [0.4, 0.5) is 0 Å². The maximum absolute atomic E-state index is 10.1. The fourth-order valence-electron chi connectivity index (χ4n) is 0.794. The summed E-state index contributed by atoms with van der Waals surface area (Å²) >= 11 is 0. The number of carboxylic acids is 1. The van der Waals surface area contributed by atoms with Gasteiger partial charge in [0.05, 0.1) is 12.7 Å². The van der Waals surface area contributed by atoms with E-state index >= 15 is 0 Å². The molecule has 7 heteroatoms. The Bertz CT molecular complexity index is 250. The molecule has 0 aromatic heterocycles. The van der Waals surface area contributed by atoms with Crippen molar-refractivity contribution in [1.82, 2.24) is 4.90 Å². The van der Waals surface area contributed by atoms with Crippen LogP contribution < -0.4 is 0 Å². The Morgan fingerprint density at radius 2 is 1.60 bits per heavy atom. The summed E-state index contributed by atoms with van der Waals surface area (Å²) in [7, 11) is -3.67. The lowest BCUT2D eigenvalue weighted by Crippen LogP contribution is -2.25. The first-order chi connectivity index (χ1) is 6.70. The first-order valence-electron chi connectivity index (χ1n) is 4.57. The summed E-state index contributed by atoms with van der Waals surface area (Å²) in [6.07, 6.45) is 0.967. The molecule has 0 aliphatic rings. The van der Waals surface area contributed by atoms with E-state index in [-0.39, 0.29) is 6.42 Å². The van der Waals surface area contributed by atoms with Crippen molar-refractivity contribution < 1.29 is 22.9 Å². The van der Waals surface area contributed by atoms with Gasteiger partial charge in [0.25, 0.3) is 10.1 Å². The van der Waals surface area contributed by atoms with Crippen molar-refractivity contribution in [2.75, 3.05) is 25.9 Å². The fourth-order valence-corrected chi connectivity index (χ4v) is 0.794. The molecule has 0 bridgehead atoms. The van der Waals surface area contributed by atoms with Crippen molar-refractivity contribution in [3.63, 3.8) is 0 Å². The van der Waals surface area contributed by atoms with Gasteiger partial charge in [-0.05, 0) is 13.1 Å². The zero-order chi connectivity index (χ0) is 12.5. The molecule has 0 heterocycles. The Labute approximate surface area is 90.6 Å². The van der Waals surface area contributed by atoms with Gasteiger partial charge in [-0.2, -0.15) is 8.42 Å². The molecule has 0 unspecified atom stereocenters. The molecular weight excluding hydrogens is 222 g/mol. The summed E-state index contributed by atoms with van der Waals surface area (Å²) in [5.74, 6) is -0.716. The van der Waals surface area contributed by atoms with Crippen molar-refractivity contribution in [2.45, 2.75) is 20.3 Å². The first-order valence-corrected chi connectivity index (χ1v) is 6.42. The predicted molar refractivity (Wildman–Crippen MR) is 57.5 cm³/mol. The maximum atomic E-state index is 10.1. The summed E-state index contributed by atoms with van der Waals surface area (Å²) in [6, 6.07) is 0. The van der Waals surface area contributed by atoms with Crippen LogP contribution in [-0.2, 0) is 14.9 Å². The average Bonchev–Trinajstić information content (AvgIpc) is 2.02. The molecule has 0 fully saturated rings. The molecule has 0 aromatic rings. The number of rotatable bonds is 5. The van der Waals surface area contributed by atoms with Crippen LogP contribution in [0, 0.1) is 0 Å². The lowest BCUT2D eigenvalue weighted by molar-refractivity contribution is -0.137. The maximum Gasteiger partial charge on any atom is 0.304 e. The quantitative estimate of drug-likeness (QED) is 0.672. The second-order valence-corrected chi connectivity index (χ2v) is 4.37. The molecule has 0 aliphatic heterocycles. The monoisotopic (exact) mass is 241 g/mol. The number of aliphatic carboxylic acids is 1. The van der Waals surface area contributed by atoms with Crippen LogP contribution in [0.3, 0.4) is 0 Å². The van der Waals surface area contributed by atoms with E-state index in [1.807, 2.05) is 13.8 Å². The smallest absolute Gasteiger partial charge is 0.304 e. The molecule has 0 aromatic carbocycles. The highest BCUT2D eigenvalue weighted by Gasteiger charge is 2.01. The third-order valence-corrected chi connectivity index (χ3v) is 1.54. The summed E-state index contributed by atoms with van der Waals surface area (Å²) in [5, 5.41) is 8.33. The number of hydrogen-bond donors (Lipinski definition) is 2. The molecule has 0 saturated carbocycles. The minimum Gasteiger partial charge on any atom is -0.481 e. The van der Waals surface area contributed by atoms with Crippen LogP contribution in [0.5, 0.6) is 0 Å². The highest BCUT2D eigenvalue weighted by Crippen LogP contribution is 1.89. The minimum atomic E-state index is -3.67. The number of hydrogen-bond acceptors (Lipinski definition) is 4. The van der Waals surface area contributed by atoms with Gasteiger partial charge in [-0.15, -0.1) is 0 Å². The lowest BCUT2D eigenvalue weighted by Gasteiger charge is -2.15. The van der Waals surface area contributed by atoms with Gasteiger partial charge in [-0.1, -0.05) is 13.8 Å². The van der Waals surface area contributed by atoms with E-state index in [2.05, 4.69) is 4.90 Å². The average molecular weight is 241 g/mol. The van der Waals surface area contributed by atoms with Crippen LogP contribution in [0.25, 0.3) is 0 Å². The standard InChI is InChI=1S/C7H15NO2.CH4O3S/c1-3-8(4-2)6-5-7(9)10;1-5(2,3)4/h3-6H2,1-2H3,(H,9,10);1H3,(H,2,3,4). The summed E-state index contributed by atoms with van der Waals surface area (Å²) in [5.41, 5.74) is 0. The molecule has 0 radical (unpaired) electrons. The number of carbonyl (C=O) groups is 1. The molecule has 0 rings (SSSR count). The van der Waals surface area contributed by atoms with Gasteiger partial charge < -0.3 is 10.0 Å². The molecule has 92 valence electrons. The second-order valence-electron chi connectivity index (χ2n) is 2.90. The number of nitrogens with zero attached hydrogens (tertiary/aromatic N) is 1. The highest BCUT2D eigenvalue weighted by atomic mass is 32.2. The van der Waals surface area contributed by atoms with Gasteiger partial charge in [0.2, 0.25) is 0 Å². The highest BCUT2D eigenvalue weighted by molar-refractivity contribution is 7.85. The van der Waals surface area contributed by atoms with Crippen LogP contribution in [0.1, 0.15) is 20.3 Å². The number of carboxylic acid groups (broad SMARTS) is 1. The Kier molecular flexibility index (Phi) is 9.64. The summed E-state index contributed by atoms with van der Waals surface area (Å²) in [6.45, 7) is 6.60. The fraction of sp³-hybridized carbons (Fsp3) is 0.875. The Morgan fingerprint density at radius 3 is 1.80 bits per heavy atom. The van der Waals surface area contributed by atoms with E-state index in [1.165, 1.54) is 0 Å². The van der Waals surface area contributed by atoms with Gasteiger partial charge in [0.15, 0.2) is 0 Å². The normalized spacial score (nSPS) is 10.7. The molecule has 0 spiro atoms. The first kappa shape index (κ1) is 16.8. The van der Waals surface area contributed by atoms with Crippen molar-refractivity contribution in [2.24, 2.45) is 0 Å². The lowest BCUT2D eigenvalue weighted by atomic mass is 10.4. The van der Waals surface area contributed by atoms with E-state index in [0.29, 0.717) is 12.8 Å². The molecule has 2 N–H and O–H groups in total. The second kappa shape index (κ2) is 8.63. The molecular formula is C8H19NO5S. The molecule has 0 aliphatic carbocycles. The van der Waals surface area contributed by atoms with Gasteiger partial charge in [0, 0.05) is 6.54 Å². The molecule has 0 amide bonds. The van der Waals surface area contributed by atoms with Crippen LogP contribution in [0.2, 0.25) is 0 Å². The Balaban J connectivity index is 0. The Hall–Kier alpha value is -0.660. The van der Waals surface area contributed by atoms with Crippen molar-refractivity contribution >= 4 is 16.1 Å². The van der Waals surface area contributed by atoms with E-state index in [9.17, 15) is 13.2 Å². The zero-order valence-electron chi connectivity index (χ0n) is 9.30. The largest absolute Gasteiger partial charge is 0.481 e. The minimum absolute atomic E-state index is 0.252. The van der Waals surface area contributed by atoms with Gasteiger partial charge in [-0.25, -0.2) is 0 Å². The predicted octanol–water partition coefficient (Wildman–Crippen LogP) is 0.307. The summed E-state index contributed by atoms with van der Waals surface area (Å²) in [4.78, 5) is 12.2. The van der Waals surface area contributed by atoms with E-state index < -0.39 is 16.1 Å². The van der Waals surface area contributed by atoms with Crippen molar-refractivity contribution in [1.29, 1.82) is 0 Å². The molecule has 0 saturated heterocycles.